The highest BCUT2D eigenvalue weighted by molar-refractivity contribution is 6.36. The summed E-state index contributed by atoms with van der Waals surface area (Å²) in [5.41, 5.74) is 0. The van der Waals surface area contributed by atoms with Crippen molar-refractivity contribution in [1.82, 2.24) is 14.8 Å². The van der Waals surface area contributed by atoms with E-state index in [9.17, 15) is 4.79 Å². The van der Waals surface area contributed by atoms with Crippen molar-refractivity contribution in [2.45, 2.75) is 25.8 Å². The normalized spacial score (nSPS) is 18.6. The SMILES string of the molecule is CCN(CC(=O)N1CCN(c2ncc(Cl)cc2Cl)CC1)C1CC1. The van der Waals surface area contributed by atoms with Crippen LogP contribution >= 0.6 is 23.2 Å². The van der Waals surface area contributed by atoms with Gasteiger partial charge in [0, 0.05) is 38.4 Å². The molecule has 2 aliphatic rings. The summed E-state index contributed by atoms with van der Waals surface area (Å²) in [5, 5.41) is 1.09. The maximum Gasteiger partial charge on any atom is 0.236 e. The summed E-state index contributed by atoms with van der Waals surface area (Å²) in [5.74, 6) is 0.977. The smallest absolute Gasteiger partial charge is 0.236 e. The van der Waals surface area contributed by atoms with E-state index >= 15 is 0 Å². The van der Waals surface area contributed by atoms with Gasteiger partial charge in [-0.05, 0) is 25.5 Å². The van der Waals surface area contributed by atoms with Gasteiger partial charge in [-0.25, -0.2) is 4.98 Å². The van der Waals surface area contributed by atoms with E-state index in [1.807, 2.05) is 4.90 Å². The molecule has 0 N–H and O–H groups in total. The molecular weight excluding hydrogens is 335 g/mol. The van der Waals surface area contributed by atoms with Crippen LogP contribution in [0.25, 0.3) is 0 Å². The predicted molar refractivity (Wildman–Crippen MR) is 93.3 cm³/mol. The molecule has 1 amide bonds. The summed E-state index contributed by atoms with van der Waals surface area (Å²) < 4.78 is 0. The minimum absolute atomic E-state index is 0.230. The van der Waals surface area contributed by atoms with Gasteiger partial charge in [0.25, 0.3) is 0 Å². The van der Waals surface area contributed by atoms with Gasteiger partial charge in [-0.2, -0.15) is 0 Å². The molecule has 7 heteroatoms. The Labute approximate surface area is 147 Å². The Morgan fingerprint density at radius 2 is 2.00 bits per heavy atom. The summed E-state index contributed by atoms with van der Waals surface area (Å²) in [6, 6.07) is 2.33. The first-order valence-corrected chi connectivity index (χ1v) is 8.92. The maximum absolute atomic E-state index is 12.5. The van der Waals surface area contributed by atoms with E-state index in [1.165, 1.54) is 12.8 Å². The zero-order valence-electron chi connectivity index (χ0n) is 13.3. The molecule has 3 rings (SSSR count). The maximum atomic E-state index is 12.5. The van der Waals surface area contributed by atoms with Crippen LogP contribution in [0.5, 0.6) is 0 Å². The molecule has 2 fully saturated rings. The second kappa shape index (κ2) is 7.24. The van der Waals surface area contributed by atoms with Crippen LogP contribution in [0, 0.1) is 0 Å². The molecule has 0 unspecified atom stereocenters. The number of anilines is 1. The Balaban J connectivity index is 1.54. The molecule has 1 saturated heterocycles. The van der Waals surface area contributed by atoms with Gasteiger partial charge in [-0.1, -0.05) is 30.1 Å². The number of halogens is 2. The number of amides is 1. The molecule has 0 radical (unpaired) electrons. The van der Waals surface area contributed by atoms with Crippen molar-refractivity contribution in [1.29, 1.82) is 0 Å². The van der Waals surface area contributed by atoms with Crippen LogP contribution in [-0.4, -0.2) is 66.0 Å². The molecule has 1 saturated carbocycles. The van der Waals surface area contributed by atoms with E-state index in [1.54, 1.807) is 12.3 Å². The van der Waals surface area contributed by atoms with E-state index < -0.39 is 0 Å². The Hall–Kier alpha value is -1.04. The zero-order valence-corrected chi connectivity index (χ0v) is 14.9. The molecular formula is C16H22Cl2N4O. The van der Waals surface area contributed by atoms with Gasteiger partial charge < -0.3 is 9.80 Å². The number of hydrogen-bond acceptors (Lipinski definition) is 4. The number of hydrogen-bond donors (Lipinski definition) is 0. The van der Waals surface area contributed by atoms with Gasteiger partial charge >= 0.3 is 0 Å². The molecule has 1 aromatic rings. The van der Waals surface area contributed by atoms with E-state index in [-0.39, 0.29) is 5.91 Å². The molecule has 126 valence electrons. The average molecular weight is 357 g/mol. The third kappa shape index (κ3) is 4.08. The minimum Gasteiger partial charge on any atom is -0.352 e. The Bertz CT molecular complexity index is 571. The van der Waals surface area contributed by atoms with Gasteiger partial charge in [-0.3, -0.25) is 9.69 Å². The largest absolute Gasteiger partial charge is 0.352 e. The fourth-order valence-corrected chi connectivity index (χ4v) is 3.52. The lowest BCUT2D eigenvalue weighted by Gasteiger charge is -2.36. The number of carbonyl (C=O) groups is 1. The van der Waals surface area contributed by atoms with Crippen molar-refractivity contribution in [3.63, 3.8) is 0 Å². The van der Waals surface area contributed by atoms with Crippen LogP contribution in [0.2, 0.25) is 10.0 Å². The van der Waals surface area contributed by atoms with Crippen LogP contribution in [0.1, 0.15) is 19.8 Å². The molecule has 0 spiro atoms. The van der Waals surface area contributed by atoms with Crippen LogP contribution in [0.15, 0.2) is 12.3 Å². The Kier molecular flexibility index (Phi) is 5.29. The summed E-state index contributed by atoms with van der Waals surface area (Å²) in [4.78, 5) is 23.1. The van der Waals surface area contributed by atoms with Crippen molar-refractivity contribution in [2.24, 2.45) is 0 Å². The van der Waals surface area contributed by atoms with Crippen LogP contribution in [0.3, 0.4) is 0 Å². The topological polar surface area (TPSA) is 39.7 Å². The average Bonchev–Trinajstić information content (AvgIpc) is 3.37. The first-order chi connectivity index (χ1) is 11.1. The number of carbonyl (C=O) groups excluding carboxylic acids is 1. The molecule has 5 nitrogen and oxygen atoms in total. The zero-order chi connectivity index (χ0) is 16.4. The highest BCUT2D eigenvalue weighted by atomic mass is 35.5. The van der Waals surface area contributed by atoms with Crippen LogP contribution in [-0.2, 0) is 4.79 Å². The lowest BCUT2D eigenvalue weighted by molar-refractivity contribution is -0.132. The number of aromatic nitrogens is 1. The van der Waals surface area contributed by atoms with Crippen molar-refractivity contribution in [2.75, 3.05) is 44.2 Å². The van der Waals surface area contributed by atoms with Crippen LogP contribution < -0.4 is 4.90 Å². The lowest BCUT2D eigenvalue weighted by Crippen LogP contribution is -2.51. The molecule has 0 aromatic carbocycles. The molecule has 0 bridgehead atoms. The van der Waals surface area contributed by atoms with Crippen molar-refractivity contribution >= 4 is 34.9 Å². The highest BCUT2D eigenvalue weighted by Gasteiger charge is 2.31. The fourth-order valence-electron chi connectivity index (χ4n) is 3.02. The Morgan fingerprint density at radius 3 is 2.57 bits per heavy atom. The standard InChI is InChI=1S/C16H22Cl2N4O/c1-2-20(13-3-4-13)11-15(23)21-5-7-22(8-6-21)16-14(18)9-12(17)10-19-16/h9-10,13H,2-8,11H2,1H3. The fraction of sp³-hybridized carbons (Fsp3) is 0.625. The van der Waals surface area contributed by atoms with Gasteiger partial charge in [0.2, 0.25) is 5.91 Å². The molecule has 1 aromatic heterocycles. The second-order valence-corrected chi connectivity index (χ2v) is 6.96. The van der Waals surface area contributed by atoms with Crippen molar-refractivity contribution in [3.05, 3.63) is 22.3 Å². The van der Waals surface area contributed by atoms with E-state index in [4.69, 9.17) is 23.2 Å². The third-order valence-electron chi connectivity index (χ3n) is 4.53. The van der Waals surface area contributed by atoms with E-state index in [0.717, 1.165) is 25.5 Å². The number of pyridine rings is 1. The van der Waals surface area contributed by atoms with E-state index in [2.05, 4.69) is 21.7 Å². The number of rotatable bonds is 5. The van der Waals surface area contributed by atoms with Crippen molar-refractivity contribution < 1.29 is 4.79 Å². The quantitative estimate of drug-likeness (QED) is 0.812. The van der Waals surface area contributed by atoms with Crippen molar-refractivity contribution in [3.8, 4) is 0 Å². The second-order valence-electron chi connectivity index (χ2n) is 6.12. The van der Waals surface area contributed by atoms with Gasteiger partial charge in [0.05, 0.1) is 16.6 Å². The summed E-state index contributed by atoms with van der Waals surface area (Å²) in [6.07, 6.45) is 4.07. The van der Waals surface area contributed by atoms with Gasteiger partial charge in [0.1, 0.15) is 5.82 Å². The minimum atomic E-state index is 0.230. The number of piperazine rings is 1. The Morgan fingerprint density at radius 1 is 1.30 bits per heavy atom. The van der Waals surface area contributed by atoms with Gasteiger partial charge in [0.15, 0.2) is 0 Å². The number of likely N-dealkylation sites (N-methyl/N-ethyl adjacent to an activating group) is 1. The molecule has 1 aliphatic heterocycles. The first-order valence-electron chi connectivity index (χ1n) is 8.16. The summed E-state index contributed by atoms with van der Waals surface area (Å²) in [6.45, 7) is 6.52. The molecule has 2 heterocycles. The van der Waals surface area contributed by atoms with Gasteiger partial charge in [-0.15, -0.1) is 0 Å². The molecule has 0 atom stereocenters. The first kappa shape index (κ1) is 16.8. The number of nitrogens with zero attached hydrogens (tertiary/aromatic N) is 4. The summed E-state index contributed by atoms with van der Waals surface area (Å²) >= 11 is 12.1. The monoisotopic (exact) mass is 356 g/mol. The van der Waals surface area contributed by atoms with E-state index in [0.29, 0.717) is 35.7 Å². The third-order valence-corrected chi connectivity index (χ3v) is 5.01. The predicted octanol–water partition coefficient (Wildman–Crippen LogP) is 2.52. The summed E-state index contributed by atoms with van der Waals surface area (Å²) in [7, 11) is 0. The molecule has 23 heavy (non-hydrogen) atoms. The lowest BCUT2D eigenvalue weighted by atomic mass is 10.3. The highest BCUT2D eigenvalue weighted by Crippen LogP contribution is 2.28. The molecule has 1 aliphatic carbocycles. The van der Waals surface area contributed by atoms with Crippen LogP contribution in [0.4, 0.5) is 5.82 Å².